The summed E-state index contributed by atoms with van der Waals surface area (Å²) in [5, 5.41) is 9.92. The number of aromatic nitrogens is 2. The van der Waals surface area contributed by atoms with E-state index in [1.165, 1.54) is 24.6 Å². The topological polar surface area (TPSA) is 58.4 Å². The summed E-state index contributed by atoms with van der Waals surface area (Å²) in [4.78, 5) is 18.5. The van der Waals surface area contributed by atoms with Crippen LogP contribution < -0.4 is 0 Å². The van der Waals surface area contributed by atoms with E-state index in [0.29, 0.717) is 11.8 Å². The molecule has 0 aliphatic heterocycles. The van der Waals surface area contributed by atoms with E-state index in [2.05, 4.69) is 11.9 Å². The summed E-state index contributed by atoms with van der Waals surface area (Å²) < 4.78 is 1.83. The normalized spacial score (nSPS) is 22.3. The maximum Gasteiger partial charge on any atom is 0.233 e. The fourth-order valence-corrected chi connectivity index (χ4v) is 3.66. The largest absolute Gasteiger partial charge is 0.390 e. The van der Waals surface area contributed by atoms with Gasteiger partial charge in [-0.15, -0.1) is 0 Å². The molecule has 118 valence electrons. The van der Waals surface area contributed by atoms with Gasteiger partial charge in [-0.3, -0.25) is 4.79 Å². The first-order valence-electron chi connectivity index (χ1n) is 7.52. The van der Waals surface area contributed by atoms with Gasteiger partial charge in [0.05, 0.1) is 24.3 Å². The number of aliphatic hydroxyl groups excluding tert-OH is 1. The number of imidazole rings is 1. The van der Waals surface area contributed by atoms with E-state index in [1.807, 2.05) is 23.6 Å². The van der Waals surface area contributed by atoms with Crippen molar-refractivity contribution in [1.82, 2.24) is 14.5 Å². The first-order chi connectivity index (χ1) is 10.0. The number of rotatable bonds is 5. The Balaban J connectivity index is 1.84. The zero-order valence-corrected chi connectivity index (χ0v) is 13.9. The molecule has 1 amide bonds. The molecule has 0 bridgehead atoms. The summed E-state index contributed by atoms with van der Waals surface area (Å²) in [5.74, 6) is 1.36. The molecule has 0 radical (unpaired) electrons. The molecule has 0 spiro atoms. The molecule has 1 heterocycles. The van der Waals surface area contributed by atoms with Crippen LogP contribution in [0.5, 0.6) is 0 Å². The fourth-order valence-electron chi connectivity index (χ4n) is 2.77. The minimum Gasteiger partial charge on any atom is -0.390 e. The summed E-state index contributed by atoms with van der Waals surface area (Å²) in [6, 6.07) is 0.392. The highest BCUT2D eigenvalue weighted by Gasteiger charge is 2.24. The zero-order chi connectivity index (χ0) is 15.4. The van der Waals surface area contributed by atoms with E-state index in [-0.39, 0.29) is 12.5 Å². The molecule has 1 aromatic heterocycles. The van der Waals surface area contributed by atoms with Gasteiger partial charge in [0.1, 0.15) is 0 Å². The van der Waals surface area contributed by atoms with Crippen LogP contribution in [0, 0.1) is 5.92 Å². The average Bonchev–Trinajstić information content (AvgIpc) is 2.85. The standard InChI is InChI=1S/C15H25N3O2S/c1-11-4-6-12(7-5-11)17(2)14(20)10-21-15-16-8-13(9-19)18(15)3/h8,11-12,19H,4-7,9-10H2,1-3H3. The minimum absolute atomic E-state index is 0.0296. The molecular weight excluding hydrogens is 286 g/mol. The molecule has 1 aliphatic rings. The Morgan fingerprint density at radius 1 is 1.48 bits per heavy atom. The first kappa shape index (κ1) is 16.4. The van der Waals surface area contributed by atoms with E-state index in [0.717, 1.165) is 29.6 Å². The van der Waals surface area contributed by atoms with Crippen LogP contribution in [-0.4, -0.2) is 44.3 Å². The van der Waals surface area contributed by atoms with Crippen LogP contribution in [0.15, 0.2) is 11.4 Å². The highest BCUT2D eigenvalue weighted by atomic mass is 32.2. The summed E-state index contributed by atoms with van der Waals surface area (Å²) in [7, 11) is 3.78. The fraction of sp³-hybridized carbons (Fsp3) is 0.733. The SMILES string of the molecule is CC1CCC(N(C)C(=O)CSc2ncc(CO)n2C)CC1. The Morgan fingerprint density at radius 3 is 2.71 bits per heavy atom. The second-order valence-electron chi connectivity index (χ2n) is 5.96. The van der Waals surface area contributed by atoms with Crippen molar-refractivity contribution in [3.63, 3.8) is 0 Å². The van der Waals surface area contributed by atoms with Gasteiger partial charge in [-0.1, -0.05) is 18.7 Å². The summed E-state index contributed by atoms with van der Waals surface area (Å²) in [6.45, 7) is 2.26. The number of hydrogen-bond acceptors (Lipinski definition) is 4. The van der Waals surface area contributed by atoms with E-state index in [9.17, 15) is 4.79 Å². The molecular formula is C15H25N3O2S. The van der Waals surface area contributed by atoms with E-state index in [1.54, 1.807) is 6.20 Å². The number of thioether (sulfide) groups is 1. The smallest absolute Gasteiger partial charge is 0.233 e. The van der Waals surface area contributed by atoms with Crippen molar-refractivity contribution in [3.8, 4) is 0 Å². The van der Waals surface area contributed by atoms with Crippen LogP contribution in [0.25, 0.3) is 0 Å². The number of carbonyl (C=O) groups is 1. The van der Waals surface area contributed by atoms with Crippen LogP contribution in [0.4, 0.5) is 0 Å². The van der Waals surface area contributed by atoms with Crippen molar-refractivity contribution >= 4 is 17.7 Å². The molecule has 1 fully saturated rings. The maximum atomic E-state index is 12.3. The van der Waals surface area contributed by atoms with Gasteiger partial charge in [-0.25, -0.2) is 4.98 Å². The minimum atomic E-state index is -0.0296. The molecule has 0 saturated heterocycles. The molecule has 2 rings (SSSR count). The molecule has 1 N–H and O–H groups in total. The highest BCUT2D eigenvalue weighted by Crippen LogP contribution is 2.27. The van der Waals surface area contributed by atoms with Crippen molar-refractivity contribution in [3.05, 3.63) is 11.9 Å². The molecule has 1 aromatic rings. The third-order valence-electron chi connectivity index (χ3n) is 4.45. The van der Waals surface area contributed by atoms with E-state index >= 15 is 0 Å². The quantitative estimate of drug-likeness (QED) is 0.846. The molecule has 5 nitrogen and oxygen atoms in total. The first-order valence-corrected chi connectivity index (χ1v) is 8.51. The Kier molecular flexibility index (Phi) is 5.70. The molecule has 21 heavy (non-hydrogen) atoms. The van der Waals surface area contributed by atoms with E-state index in [4.69, 9.17) is 5.11 Å². The van der Waals surface area contributed by atoms with Gasteiger partial charge in [0.2, 0.25) is 5.91 Å². The number of hydrogen-bond donors (Lipinski definition) is 1. The van der Waals surface area contributed by atoms with Crippen LogP contribution in [0.3, 0.4) is 0 Å². The summed E-state index contributed by atoms with van der Waals surface area (Å²) >= 11 is 1.43. The molecule has 1 aliphatic carbocycles. The summed E-state index contributed by atoms with van der Waals surface area (Å²) in [6.07, 6.45) is 6.32. The zero-order valence-electron chi connectivity index (χ0n) is 13.1. The van der Waals surface area contributed by atoms with Crippen LogP contribution in [0.2, 0.25) is 0 Å². The van der Waals surface area contributed by atoms with Crippen molar-refractivity contribution < 1.29 is 9.90 Å². The lowest BCUT2D eigenvalue weighted by atomic mass is 9.87. The lowest BCUT2D eigenvalue weighted by molar-refractivity contribution is -0.129. The second kappa shape index (κ2) is 7.31. The molecule has 6 heteroatoms. The number of carbonyl (C=O) groups excluding carboxylic acids is 1. The van der Waals surface area contributed by atoms with Gasteiger partial charge in [-0.2, -0.15) is 0 Å². The Morgan fingerprint density at radius 2 is 2.14 bits per heavy atom. The molecule has 0 aromatic carbocycles. The second-order valence-corrected chi connectivity index (χ2v) is 6.90. The lowest BCUT2D eigenvalue weighted by Crippen LogP contribution is -2.40. The van der Waals surface area contributed by atoms with Crippen molar-refractivity contribution in [1.29, 1.82) is 0 Å². The summed E-state index contributed by atoms with van der Waals surface area (Å²) in [5.41, 5.74) is 0.763. The number of nitrogens with zero attached hydrogens (tertiary/aromatic N) is 3. The average molecular weight is 311 g/mol. The van der Waals surface area contributed by atoms with Gasteiger partial charge in [0.25, 0.3) is 0 Å². The van der Waals surface area contributed by atoms with Gasteiger partial charge < -0.3 is 14.6 Å². The van der Waals surface area contributed by atoms with Gasteiger partial charge in [0.15, 0.2) is 5.16 Å². The highest BCUT2D eigenvalue weighted by molar-refractivity contribution is 7.99. The molecule has 0 atom stereocenters. The third-order valence-corrected chi connectivity index (χ3v) is 5.48. The van der Waals surface area contributed by atoms with Crippen LogP contribution in [0.1, 0.15) is 38.3 Å². The van der Waals surface area contributed by atoms with Crippen molar-refractivity contribution in [2.24, 2.45) is 13.0 Å². The van der Waals surface area contributed by atoms with Gasteiger partial charge >= 0.3 is 0 Å². The Labute approximate surface area is 130 Å². The van der Waals surface area contributed by atoms with Gasteiger partial charge in [-0.05, 0) is 31.6 Å². The Hall–Kier alpha value is -1.01. The molecule has 1 saturated carbocycles. The van der Waals surface area contributed by atoms with E-state index < -0.39 is 0 Å². The monoisotopic (exact) mass is 311 g/mol. The van der Waals surface area contributed by atoms with Crippen molar-refractivity contribution in [2.75, 3.05) is 12.8 Å². The maximum absolute atomic E-state index is 12.3. The predicted octanol–water partition coefficient (Wildman–Crippen LogP) is 2.04. The van der Waals surface area contributed by atoms with Crippen molar-refractivity contribution in [2.45, 2.75) is 50.4 Å². The number of amides is 1. The van der Waals surface area contributed by atoms with Crippen LogP contribution in [-0.2, 0) is 18.4 Å². The van der Waals surface area contributed by atoms with Crippen LogP contribution >= 0.6 is 11.8 Å². The predicted molar refractivity (Wildman–Crippen MR) is 84.0 cm³/mol. The third kappa shape index (κ3) is 4.01. The van der Waals surface area contributed by atoms with Gasteiger partial charge in [0, 0.05) is 20.1 Å². The molecule has 0 unspecified atom stereocenters. The lowest BCUT2D eigenvalue weighted by Gasteiger charge is -2.33. The number of aliphatic hydroxyl groups is 1. The Bertz CT molecular complexity index is 481.